The van der Waals surface area contributed by atoms with Crippen molar-refractivity contribution in [3.05, 3.63) is 137 Å². The van der Waals surface area contributed by atoms with Crippen LogP contribution in [0.1, 0.15) is 45.6 Å². The van der Waals surface area contributed by atoms with Crippen molar-refractivity contribution in [3.63, 3.8) is 0 Å². The number of aryl methyl sites for hydroxylation is 1. The summed E-state index contributed by atoms with van der Waals surface area (Å²) in [4.78, 5) is 28.0. The van der Waals surface area contributed by atoms with E-state index in [0.29, 0.717) is 12.1 Å². The van der Waals surface area contributed by atoms with Crippen LogP contribution in [0.25, 0.3) is 0 Å². The molecule has 0 bridgehead atoms. The van der Waals surface area contributed by atoms with Gasteiger partial charge in [-0.3, -0.25) is 9.59 Å². The Morgan fingerprint density at radius 3 is 2.00 bits per heavy atom. The number of carbonyl (C=O) groups is 2. The number of amides is 2. The van der Waals surface area contributed by atoms with Crippen molar-refractivity contribution < 1.29 is 9.59 Å². The maximum Gasteiger partial charge on any atom is 0.258 e. The first-order chi connectivity index (χ1) is 17.0. The lowest BCUT2D eigenvalue weighted by atomic mass is 10.1. The summed E-state index contributed by atoms with van der Waals surface area (Å²) in [5.74, 6) is -0.0830. The molecule has 0 aromatic heterocycles. The second-order valence-corrected chi connectivity index (χ2v) is 8.73. The zero-order valence-corrected chi connectivity index (χ0v) is 20.1. The molecule has 0 fully saturated rings. The summed E-state index contributed by atoms with van der Waals surface area (Å²) < 4.78 is 0. The summed E-state index contributed by atoms with van der Waals surface area (Å²) in [5.41, 5.74) is 5.44. The maximum atomic E-state index is 13.6. The molecule has 0 aliphatic rings. The number of carbonyl (C=O) groups excluding carboxylic acids is 2. The van der Waals surface area contributed by atoms with E-state index < -0.39 is 0 Å². The van der Waals surface area contributed by atoms with Crippen molar-refractivity contribution in [2.45, 2.75) is 32.9 Å². The van der Waals surface area contributed by atoms with Gasteiger partial charge in [0, 0.05) is 11.3 Å². The van der Waals surface area contributed by atoms with E-state index in [2.05, 4.69) is 5.32 Å². The molecule has 0 aliphatic carbocycles. The van der Waals surface area contributed by atoms with Gasteiger partial charge in [-0.2, -0.15) is 0 Å². The summed E-state index contributed by atoms with van der Waals surface area (Å²) in [6.45, 7) is 4.39. The summed E-state index contributed by atoms with van der Waals surface area (Å²) in [7, 11) is 0. The van der Waals surface area contributed by atoms with Gasteiger partial charge in [0.25, 0.3) is 5.91 Å². The summed E-state index contributed by atoms with van der Waals surface area (Å²) >= 11 is 0. The van der Waals surface area contributed by atoms with Gasteiger partial charge in [0.05, 0.1) is 19.0 Å². The SMILES string of the molecule is Cc1ccccc1C(=O)N(Cc1ccccc1)c1ccc(CC(=O)NC(C)c2ccccc2)cc1. The van der Waals surface area contributed by atoms with Gasteiger partial charge in [-0.25, -0.2) is 0 Å². The number of hydrogen-bond acceptors (Lipinski definition) is 2. The van der Waals surface area contributed by atoms with E-state index in [1.807, 2.05) is 123 Å². The molecular weight excluding hydrogens is 432 g/mol. The molecule has 0 saturated carbocycles. The van der Waals surface area contributed by atoms with Gasteiger partial charge in [-0.15, -0.1) is 0 Å². The monoisotopic (exact) mass is 462 g/mol. The third-order valence-corrected chi connectivity index (χ3v) is 6.09. The Labute approximate surface area is 207 Å². The number of nitrogens with zero attached hydrogens (tertiary/aromatic N) is 1. The normalized spacial score (nSPS) is 11.5. The number of anilines is 1. The van der Waals surface area contributed by atoms with E-state index in [1.54, 1.807) is 4.90 Å². The van der Waals surface area contributed by atoms with Gasteiger partial charge in [0.15, 0.2) is 0 Å². The van der Waals surface area contributed by atoms with Gasteiger partial charge in [-0.05, 0) is 54.3 Å². The van der Waals surface area contributed by atoms with Gasteiger partial charge in [0.2, 0.25) is 5.91 Å². The van der Waals surface area contributed by atoms with Crippen LogP contribution in [0.3, 0.4) is 0 Å². The summed E-state index contributed by atoms with van der Waals surface area (Å²) in [6.07, 6.45) is 0.280. The fourth-order valence-electron chi connectivity index (χ4n) is 4.10. The first-order valence-corrected chi connectivity index (χ1v) is 11.9. The fraction of sp³-hybridized carbons (Fsp3) is 0.161. The van der Waals surface area contributed by atoms with Crippen molar-refractivity contribution in [2.24, 2.45) is 0 Å². The fourth-order valence-corrected chi connectivity index (χ4v) is 4.10. The molecule has 0 aliphatic heterocycles. The average molecular weight is 463 g/mol. The predicted molar refractivity (Wildman–Crippen MR) is 141 cm³/mol. The van der Waals surface area contributed by atoms with E-state index in [9.17, 15) is 9.59 Å². The van der Waals surface area contributed by atoms with Crippen LogP contribution in [0.15, 0.2) is 109 Å². The minimum atomic E-state index is -0.0592. The molecule has 1 N–H and O–H groups in total. The lowest BCUT2D eigenvalue weighted by Crippen LogP contribution is -2.31. The molecule has 0 radical (unpaired) electrons. The van der Waals surface area contributed by atoms with Crippen LogP contribution < -0.4 is 10.2 Å². The lowest BCUT2D eigenvalue weighted by molar-refractivity contribution is -0.121. The Kier molecular flexibility index (Phi) is 7.74. The summed E-state index contributed by atoms with van der Waals surface area (Å²) in [6, 6.07) is 35.1. The Bertz CT molecular complexity index is 1270. The minimum Gasteiger partial charge on any atom is -0.349 e. The first kappa shape index (κ1) is 24.0. The van der Waals surface area contributed by atoms with E-state index in [1.165, 1.54) is 0 Å². The second-order valence-electron chi connectivity index (χ2n) is 8.73. The maximum absolute atomic E-state index is 13.6. The van der Waals surface area contributed by atoms with Gasteiger partial charge in [0.1, 0.15) is 0 Å². The molecular formula is C31H30N2O2. The van der Waals surface area contributed by atoms with Crippen molar-refractivity contribution in [1.29, 1.82) is 0 Å². The highest BCUT2D eigenvalue weighted by atomic mass is 16.2. The van der Waals surface area contributed by atoms with Gasteiger partial charge >= 0.3 is 0 Å². The molecule has 2 amide bonds. The standard InChI is InChI=1S/C31H30N2O2/c1-23-11-9-10-16-29(23)31(35)33(22-26-12-5-3-6-13-26)28-19-17-25(18-20-28)21-30(34)32-24(2)27-14-7-4-8-15-27/h3-20,24H,21-22H2,1-2H3,(H,32,34). The highest BCUT2D eigenvalue weighted by Crippen LogP contribution is 2.23. The first-order valence-electron chi connectivity index (χ1n) is 11.9. The quantitative estimate of drug-likeness (QED) is 0.336. The number of hydrogen-bond donors (Lipinski definition) is 1. The molecule has 1 atom stereocenters. The highest BCUT2D eigenvalue weighted by Gasteiger charge is 2.20. The molecule has 4 aromatic rings. The average Bonchev–Trinajstić information content (AvgIpc) is 2.89. The Hall–Kier alpha value is -4.18. The van der Waals surface area contributed by atoms with Gasteiger partial charge in [-0.1, -0.05) is 91.0 Å². The molecule has 4 heteroatoms. The van der Waals surface area contributed by atoms with Crippen LogP contribution in [0.5, 0.6) is 0 Å². The Morgan fingerprint density at radius 2 is 1.34 bits per heavy atom. The third kappa shape index (κ3) is 6.24. The van der Waals surface area contributed by atoms with Crippen LogP contribution in [-0.4, -0.2) is 11.8 Å². The van der Waals surface area contributed by atoms with Crippen LogP contribution in [0.2, 0.25) is 0 Å². The summed E-state index contributed by atoms with van der Waals surface area (Å²) in [5, 5.41) is 3.06. The topological polar surface area (TPSA) is 49.4 Å². The minimum absolute atomic E-state index is 0.0359. The van der Waals surface area contributed by atoms with Crippen molar-refractivity contribution in [1.82, 2.24) is 5.32 Å². The Morgan fingerprint density at radius 1 is 0.743 bits per heavy atom. The van der Waals surface area contributed by atoms with E-state index in [0.717, 1.165) is 27.9 Å². The van der Waals surface area contributed by atoms with E-state index in [4.69, 9.17) is 0 Å². The van der Waals surface area contributed by atoms with Gasteiger partial charge < -0.3 is 10.2 Å². The largest absolute Gasteiger partial charge is 0.349 e. The van der Waals surface area contributed by atoms with Crippen molar-refractivity contribution in [3.8, 4) is 0 Å². The molecule has 35 heavy (non-hydrogen) atoms. The molecule has 4 nitrogen and oxygen atoms in total. The molecule has 0 spiro atoms. The molecule has 1 unspecified atom stereocenters. The molecule has 4 aromatic carbocycles. The molecule has 4 rings (SSSR count). The third-order valence-electron chi connectivity index (χ3n) is 6.09. The molecule has 0 saturated heterocycles. The van der Waals surface area contributed by atoms with Crippen LogP contribution >= 0.6 is 0 Å². The van der Waals surface area contributed by atoms with Crippen LogP contribution in [0, 0.1) is 6.92 Å². The zero-order valence-electron chi connectivity index (χ0n) is 20.1. The van der Waals surface area contributed by atoms with E-state index in [-0.39, 0.29) is 24.3 Å². The lowest BCUT2D eigenvalue weighted by Gasteiger charge is -2.24. The van der Waals surface area contributed by atoms with Crippen molar-refractivity contribution >= 4 is 17.5 Å². The zero-order chi connectivity index (χ0) is 24.6. The molecule has 0 heterocycles. The van der Waals surface area contributed by atoms with Crippen LogP contribution in [-0.2, 0) is 17.8 Å². The Balaban J connectivity index is 1.50. The second kappa shape index (κ2) is 11.3. The predicted octanol–water partition coefficient (Wildman–Crippen LogP) is 6.26. The van der Waals surface area contributed by atoms with Crippen LogP contribution in [0.4, 0.5) is 5.69 Å². The number of rotatable bonds is 8. The van der Waals surface area contributed by atoms with E-state index >= 15 is 0 Å². The van der Waals surface area contributed by atoms with Crippen molar-refractivity contribution in [2.75, 3.05) is 4.90 Å². The smallest absolute Gasteiger partial charge is 0.258 e. The number of nitrogens with one attached hydrogen (secondary N) is 1. The highest BCUT2D eigenvalue weighted by molar-refractivity contribution is 6.07. The molecule has 176 valence electrons. The number of benzene rings is 4.